The average Bonchev–Trinajstić information content (AvgIpc) is 2.26. The summed E-state index contributed by atoms with van der Waals surface area (Å²) in [6.07, 6.45) is -0.966. The van der Waals surface area contributed by atoms with Crippen LogP contribution in [0.2, 0.25) is 0 Å². The number of halogens is 1. The molecule has 0 saturated carbocycles. The number of phenols is 1. The molecule has 0 aliphatic rings. The van der Waals surface area contributed by atoms with E-state index in [2.05, 4.69) is 0 Å². The lowest BCUT2D eigenvalue weighted by atomic mass is 10.3. The van der Waals surface area contributed by atoms with E-state index in [9.17, 15) is 14.7 Å². The molecule has 0 spiro atoms. The molecule has 5 nitrogen and oxygen atoms in total. The Morgan fingerprint density at radius 2 is 1.89 bits per heavy atom. The van der Waals surface area contributed by atoms with Crippen LogP contribution in [0.15, 0.2) is 24.3 Å². The van der Waals surface area contributed by atoms with Gasteiger partial charge >= 0.3 is 6.09 Å². The van der Waals surface area contributed by atoms with Gasteiger partial charge in [-0.15, -0.1) is 0 Å². The van der Waals surface area contributed by atoms with E-state index in [1.165, 1.54) is 24.3 Å². The lowest BCUT2D eigenvalue weighted by molar-refractivity contribution is -0.110. The predicted octanol–water partition coefficient (Wildman–Crippen LogP) is 2.51. The quantitative estimate of drug-likeness (QED) is 0.855. The normalized spacial score (nSPS) is 10.2. The van der Waals surface area contributed by atoms with Gasteiger partial charge in [-0.05, 0) is 49.7 Å². The first-order valence-electron chi connectivity index (χ1n) is 5.35. The second kappa shape index (κ2) is 6.26. The minimum absolute atomic E-state index is 0.0631. The van der Waals surface area contributed by atoms with Crippen LogP contribution in [-0.4, -0.2) is 29.1 Å². The summed E-state index contributed by atoms with van der Waals surface area (Å²) in [5.41, 5.74) is 0.424. The van der Waals surface area contributed by atoms with E-state index in [0.717, 1.165) is 4.90 Å². The van der Waals surface area contributed by atoms with Crippen molar-refractivity contribution in [3.63, 3.8) is 0 Å². The fraction of sp³-hybridized carbons (Fsp3) is 0.333. The van der Waals surface area contributed by atoms with Crippen molar-refractivity contribution in [1.82, 2.24) is 0 Å². The summed E-state index contributed by atoms with van der Waals surface area (Å²) in [5, 5.41) is 8.50. The van der Waals surface area contributed by atoms with E-state index >= 15 is 0 Å². The minimum Gasteiger partial charge on any atom is -0.508 e. The number of hydrogen-bond donors (Lipinski definition) is 1. The third-order valence-corrected chi connectivity index (χ3v) is 2.12. The van der Waals surface area contributed by atoms with Crippen LogP contribution in [0.4, 0.5) is 10.5 Å². The summed E-state index contributed by atoms with van der Waals surface area (Å²) < 4.78 is 5.01. The molecule has 0 aromatic heterocycles. The third-order valence-electron chi connectivity index (χ3n) is 2.00. The zero-order chi connectivity index (χ0) is 13.7. The van der Waals surface area contributed by atoms with Crippen LogP contribution >= 0.6 is 11.6 Å². The van der Waals surface area contributed by atoms with Crippen LogP contribution in [0.5, 0.6) is 5.75 Å². The minimum atomic E-state index is -0.677. The number of carbonyl (C=O) groups is 2. The van der Waals surface area contributed by atoms with Gasteiger partial charge < -0.3 is 9.84 Å². The van der Waals surface area contributed by atoms with Crippen LogP contribution in [0.25, 0.3) is 0 Å². The molecular weight excluding hydrogens is 258 g/mol. The van der Waals surface area contributed by atoms with Crippen molar-refractivity contribution in [2.45, 2.75) is 20.0 Å². The second-order valence-corrected chi connectivity index (χ2v) is 4.31. The number of nitrogens with zero attached hydrogens (tertiary/aromatic N) is 1. The number of ether oxygens (including phenoxy) is 1. The second-order valence-electron chi connectivity index (χ2n) is 3.89. The molecule has 0 aliphatic carbocycles. The Balaban J connectivity index is 2.93. The van der Waals surface area contributed by atoms with Gasteiger partial charge in [0.15, 0.2) is 0 Å². The van der Waals surface area contributed by atoms with Gasteiger partial charge in [0.25, 0.3) is 0 Å². The summed E-state index contributed by atoms with van der Waals surface area (Å²) in [4.78, 5) is 23.9. The SMILES string of the molecule is CC(C)OC(=O)N(CC(=O)Cl)c1ccc(O)cc1. The van der Waals surface area contributed by atoms with Gasteiger partial charge in [0.1, 0.15) is 12.3 Å². The maximum atomic E-state index is 11.8. The van der Waals surface area contributed by atoms with Crippen molar-refractivity contribution < 1.29 is 19.4 Å². The Labute approximate surface area is 110 Å². The van der Waals surface area contributed by atoms with Crippen LogP contribution < -0.4 is 4.90 Å². The first kappa shape index (κ1) is 14.3. The summed E-state index contributed by atoms with van der Waals surface area (Å²) in [5.74, 6) is 0.0631. The predicted molar refractivity (Wildman–Crippen MR) is 67.9 cm³/mol. The van der Waals surface area contributed by atoms with Crippen molar-refractivity contribution in [2.75, 3.05) is 11.4 Å². The van der Waals surface area contributed by atoms with Gasteiger partial charge in [0, 0.05) is 5.69 Å². The lowest BCUT2D eigenvalue weighted by Gasteiger charge is -2.21. The molecule has 0 saturated heterocycles. The molecule has 1 amide bonds. The fourth-order valence-electron chi connectivity index (χ4n) is 1.28. The highest BCUT2D eigenvalue weighted by Crippen LogP contribution is 2.19. The third kappa shape index (κ3) is 4.25. The van der Waals surface area contributed by atoms with Crippen LogP contribution in [0.3, 0.4) is 0 Å². The molecule has 1 N–H and O–H groups in total. The molecule has 0 heterocycles. The van der Waals surface area contributed by atoms with E-state index in [4.69, 9.17) is 16.3 Å². The van der Waals surface area contributed by atoms with Crippen molar-refractivity contribution in [3.05, 3.63) is 24.3 Å². The highest BCUT2D eigenvalue weighted by molar-refractivity contribution is 6.64. The van der Waals surface area contributed by atoms with Gasteiger partial charge in [-0.1, -0.05) is 0 Å². The Bertz CT molecular complexity index is 430. The molecule has 6 heteroatoms. The highest BCUT2D eigenvalue weighted by Gasteiger charge is 2.20. The van der Waals surface area contributed by atoms with Crippen LogP contribution in [0.1, 0.15) is 13.8 Å². The number of hydrogen-bond acceptors (Lipinski definition) is 4. The number of rotatable bonds is 4. The topological polar surface area (TPSA) is 66.8 Å². The monoisotopic (exact) mass is 271 g/mol. The molecule has 1 rings (SSSR count). The maximum absolute atomic E-state index is 11.8. The number of carbonyl (C=O) groups excluding carboxylic acids is 2. The standard InChI is InChI=1S/C12H14ClNO4/c1-8(2)18-12(17)14(7-11(13)16)9-3-5-10(15)6-4-9/h3-6,8,15H,7H2,1-2H3. The molecule has 0 fully saturated rings. The number of aromatic hydroxyl groups is 1. The molecule has 18 heavy (non-hydrogen) atoms. The van der Waals surface area contributed by atoms with E-state index in [0.29, 0.717) is 5.69 Å². The Morgan fingerprint density at radius 1 is 1.33 bits per heavy atom. The molecule has 0 aliphatic heterocycles. The van der Waals surface area contributed by atoms with Crippen LogP contribution in [0, 0.1) is 0 Å². The Kier molecular flexibility index (Phi) is 4.97. The summed E-state index contributed by atoms with van der Waals surface area (Å²) >= 11 is 5.30. The first-order valence-corrected chi connectivity index (χ1v) is 5.73. The molecule has 0 bridgehead atoms. The van der Waals surface area contributed by atoms with Crippen LogP contribution in [-0.2, 0) is 9.53 Å². The van der Waals surface area contributed by atoms with Crippen molar-refractivity contribution >= 4 is 28.6 Å². The van der Waals surface area contributed by atoms with E-state index < -0.39 is 11.3 Å². The molecular formula is C12H14ClNO4. The van der Waals surface area contributed by atoms with E-state index in [1.807, 2.05) is 0 Å². The molecule has 98 valence electrons. The smallest absolute Gasteiger partial charge is 0.414 e. The van der Waals surface area contributed by atoms with Gasteiger partial charge in [0.05, 0.1) is 6.10 Å². The number of phenolic OH excluding ortho intramolecular Hbond substituents is 1. The molecule has 1 aromatic rings. The maximum Gasteiger partial charge on any atom is 0.414 e. The fourth-order valence-corrected chi connectivity index (χ4v) is 1.40. The van der Waals surface area contributed by atoms with Crippen molar-refractivity contribution in [1.29, 1.82) is 0 Å². The molecule has 0 unspecified atom stereocenters. The zero-order valence-electron chi connectivity index (χ0n) is 10.1. The van der Waals surface area contributed by atoms with Crippen molar-refractivity contribution in [3.8, 4) is 5.75 Å². The summed E-state index contributed by atoms with van der Waals surface area (Å²) in [6.45, 7) is 3.11. The first-order chi connectivity index (χ1) is 8.40. The number of benzene rings is 1. The molecule has 0 atom stereocenters. The molecule has 1 aromatic carbocycles. The Morgan fingerprint density at radius 3 is 2.33 bits per heavy atom. The van der Waals surface area contributed by atoms with Crippen molar-refractivity contribution in [2.24, 2.45) is 0 Å². The van der Waals surface area contributed by atoms with Gasteiger partial charge in [-0.2, -0.15) is 0 Å². The Hall–Kier alpha value is -1.75. The van der Waals surface area contributed by atoms with E-state index in [-0.39, 0.29) is 18.4 Å². The average molecular weight is 272 g/mol. The van der Waals surface area contributed by atoms with Gasteiger partial charge in [0.2, 0.25) is 5.24 Å². The summed E-state index contributed by atoms with van der Waals surface area (Å²) in [7, 11) is 0. The largest absolute Gasteiger partial charge is 0.508 e. The van der Waals surface area contributed by atoms with Gasteiger partial charge in [-0.25, -0.2) is 4.79 Å². The molecule has 0 radical (unpaired) electrons. The van der Waals surface area contributed by atoms with Gasteiger partial charge in [-0.3, -0.25) is 9.69 Å². The van der Waals surface area contributed by atoms with E-state index in [1.54, 1.807) is 13.8 Å². The zero-order valence-corrected chi connectivity index (χ0v) is 10.8. The summed E-state index contributed by atoms with van der Waals surface area (Å²) in [6, 6.07) is 5.81. The highest BCUT2D eigenvalue weighted by atomic mass is 35.5. The lowest BCUT2D eigenvalue weighted by Crippen LogP contribution is -2.36. The number of anilines is 1. The number of amides is 1.